The first kappa shape index (κ1) is 14.9. The van der Waals surface area contributed by atoms with Crippen LogP contribution < -0.4 is 4.74 Å². The van der Waals surface area contributed by atoms with E-state index in [-0.39, 0.29) is 6.61 Å². The summed E-state index contributed by atoms with van der Waals surface area (Å²) in [6.45, 7) is 0.627. The number of ether oxygens (including phenoxy) is 1. The van der Waals surface area contributed by atoms with Crippen LogP contribution in [0.5, 0.6) is 5.75 Å². The van der Waals surface area contributed by atoms with Gasteiger partial charge in [-0.1, -0.05) is 34.8 Å². The lowest BCUT2D eigenvalue weighted by atomic mass is 10.3. The van der Waals surface area contributed by atoms with Crippen LogP contribution in [0.2, 0.25) is 15.1 Å². The fourth-order valence-electron chi connectivity index (χ4n) is 1.32. The fraction of sp³-hybridized carbons (Fsp3) is 0.455. The second-order valence-corrected chi connectivity index (χ2v) is 5.18. The molecule has 0 fully saturated rings. The van der Waals surface area contributed by atoms with Gasteiger partial charge < -0.3 is 14.7 Å². The minimum atomic E-state index is -0.604. The van der Waals surface area contributed by atoms with Crippen LogP contribution >= 0.6 is 34.8 Å². The second kappa shape index (κ2) is 6.66. The van der Waals surface area contributed by atoms with E-state index in [9.17, 15) is 5.11 Å². The maximum Gasteiger partial charge on any atom is 0.156 e. The van der Waals surface area contributed by atoms with Crippen molar-refractivity contribution >= 4 is 34.8 Å². The molecule has 0 aliphatic heterocycles. The van der Waals surface area contributed by atoms with E-state index in [1.165, 1.54) is 0 Å². The first-order valence-corrected chi connectivity index (χ1v) is 6.13. The SMILES string of the molecule is CN(C)CC(O)COc1c(Cl)cc(Cl)cc1Cl. The average molecular weight is 299 g/mol. The Kier molecular flexibility index (Phi) is 5.83. The number of hydrogen-bond donors (Lipinski definition) is 1. The predicted octanol–water partition coefficient (Wildman–Crippen LogP) is 2.95. The monoisotopic (exact) mass is 297 g/mol. The van der Waals surface area contributed by atoms with E-state index in [0.29, 0.717) is 27.4 Å². The average Bonchev–Trinajstić information content (AvgIpc) is 2.14. The van der Waals surface area contributed by atoms with Gasteiger partial charge in [-0.2, -0.15) is 0 Å². The molecule has 0 saturated heterocycles. The summed E-state index contributed by atoms with van der Waals surface area (Å²) < 4.78 is 5.39. The summed E-state index contributed by atoms with van der Waals surface area (Å²) >= 11 is 17.6. The molecule has 1 N–H and O–H groups in total. The number of nitrogens with zero attached hydrogens (tertiary/aromatic N) is 1. The second-order valence-electron chi connectivity index (χ2n) is 3.93. The lowest BCUT2D eigenvalue weighted by Crippen LogP contribution is -2.30. The Morgan fingerprint density at radius 2 is 1.76 bits per heavy atom. The highest BCUT2D eigenvalue weighted by Crippen LogP contribution is 2.35. The molecule has 3 nitrogen and oxygen atoms in total. The third kappa shape index (κ3) is 4.90. The van der Waals surface area contributed by atoms with Crippen molar-refractivity contribution < 1.29 is 9.84 Å². The highest BCUT2D eigenvalue weighted by molar-refractivity contribution is 6.40. The Bertz CT molecular complexity index is 362. The van der Waals surface area contributed by atoms with Crippen molar-refractivity contribution in [1.82, 2.24) is 4.90 Å². The molecule has 1 unspecified atom stereocenters. The Morgan fingerprint density at radius 1 is 1.24 bits per heavy atom. The molecule has 0 radical (unpaired) electrons. The van der Waals surface area contributed by atoms with Crippen molar-refractivity contribution in [1.29, 1.82) is 0 Å². The highest BCUT2D eigenvalue weighted by atomic mass is 35.5. The quantitative estimate of drug-likeness (QED) is 0.907. The minimum Gasteiger partial charge on any atom is -0.488 e. The number of halogens is 3. The summed E-state index contributed by atoms with van der Waals surface area (Å²) in [5.74, 6) is 0.343. The molecule has 0 aliphatic carbocycles. The summed E-state index contributed by atoms with van der Waals surface area (Å²) in [6.07, 6.45) is -0.604. The number of aliphatic hydroxyl groups is 1. The van der Waals surface area contributed by atoms with E-state index >= 15 is 0 Å². The molecule has 0 amide bonds. The molecule has 0 heterocycles. The largest absolute Gasteiger partial charge is 0.488 e. The molecule has 0 aromatic heterocycles. The van der Waals surface area contributed by atoms with Gasteiger partial charge >= 0.3 is 0 Å². The van der Waals surface area contributed by atoms with Gasteiger partial charge in [-0.15, -0.1) is 0 Å². The van der Waals surface area contributed by atoms with Gasteiger partial charge in [0.05, 0.1) is 10.0 Å². The zero-order chi connectivity index (χ0) is 13.0. The number of hydrogen-bond acceptors (Lipinski definition) is 3. The van der Waals surface area contributed by atoms with Crippen LogP contribution in [0.4, 0.5) is 0 Å². The molecule has 0 bridgehead atoms. The molecular weight excluding hydrogens is 284 g/mol. The van der Waals surface area contributed by atoms with E-state index in [0.717, 1.165) is 0 Å². The summed E-state index contributed by atoms with van der Waals surface area (Å²) in [7, 11) is 3.73. The fourth-order valence-corrected chi connectivity index (χ4v) is 2.25. The Balaban J connectivity index is 2.63. The van der Waals surface area contributed by atoms with E-state index in [1.54, 1.807) is 12.1 Å². The maximum absolute atomic E-state index is 9.64. The van der Waals surface area contributed by atoms with Crippen LogP contribution in [0.1, 0.15) is 0 Å². The van der Waals surface area contributed by atoms with Crippen LogP contribution in [-0.2, 0) is 0 Å². The number of likely N-dealkylation sites (N-methyl/N-ethyl adjacent to an activating group) is 1. The van der Waals surface area contributed by atoms with Crippen molar-refractivity contribution in [3.8, 4) is 5.75 Å². The van der Waals surface area contributed by atoms with Crippen LogP contribution in [0, 0.1) is 0 Å². The molecular formula is C11H14Cl3NO2. The van der Waals surface area contributed by atoms with Gasteiger partial charge in [-0.05, 0) is 26.2 Å². The maximum atomic E-state index is 9.64. The molecule has 1 rings (SSSR count). The molecule has 1 aromatic carbocycles. The number of benzene rings is 1. The van der Waals surface area contributed by atoms with E-state index in [2.05, 4.69) is 0 Å². The molecule has 1 aromatic rings. The first-order chi connectivity index (χ1) is 7.90. The normalized spacial score (nSPS) is 12.9. The lowest BCUT2D eigenvalue weighted by Gasteiger charge is -2.17. The topological polar surface area (TPSA) is 32.7 Å². The van der Waals surface area contributed by atoms with Gasteiger partial charge in [-0.25, -0.2) is 0 Å². The van der Waals surface area contributed by atoms with Crippen LogP contribution in [0.15, 0.2) is 12.1 Å². The first-order valence-electron chi connectivity index (χ1n) is 5.00. The summed E-state index contributed by atoms with van der Waals surface area (Å²) in [5.41, 5.74) is 0. The highest BCUT2D eigenvalue weighted by Gasteiger charge is 2.12. The van der Waals surface area contributed by atoms with Gasteiger partial charge in [0.15, 0.2) is 5.75 Å². The van der Waals surface area contributed by atoms with E-state index < -0.39 is 6.10 Å². The molecule has 0 aliphatic rings. The standard InChI is InChI=1S/C11H14Cl3NO2/c1-15(2)5-8(16)6-17-11-9(13)3-7(12)4-10(11)14/h3-4,8,16H,5-6H2,1-2H3. The third-order valence-corrected chi connectivity index (χ3v) is 2.74. The predicted molar refractivity (Wildman–Crippen MR) is 71.5 cm³/mol. The summed E-state index contributed by atoms with van der Waals surface area (Å²) in [4.78, 5) is 1.86. The third-order valence-electron chi connectivity index (χ3n) is 1.96. The number of aliphatic hydroxyl groups excluding tert-OH is 1. The van der Waals surface area contributed by atoms with Gasteiger partial charge in [0.1, 0.15) is 12.7 Å². The van der Waals surface area contributed by atoms with Crippen molar-refractivity contribution in [2.75, 3.05) is 27.2 Å². The minimum absolute atomic E-state index is 0.124. The molecule has 1 atom stereocenters. The zero-order valence-electron chi connectivity index (χ0n) is 9.58. The van der Waals surface area contributed by atoms with Crippen molar-refractivity contribution in [3.63, 3.8) is 0 Å². The molecule has 0 saturated carbocycles. The van der Waals surface area contributed by atoms with Crippen molar-refractivity contribution in [2.45, 2.75) is 6.10 Å². The van der Waals surface area contributed by atoms with Gasteiger partial charge in [0.25, 0.3) is 0 Å². The number of rotatable bonds is 5. The molecule has 0 spiro atoms. The molecule has 6 heteroatoms. The Labute approximate surface area is 116 Å². The van der Waals surface area contributed by atoms with Crippen LogP contribution in [0.25, 0.3) is 0 Å². The van der Waals surface area contributed by atoms with E-state index in [4.69, 9.17) is 39.5 Å². The molecule has 96 valence electrons. The Morgan fingerprint density at radius 3 is 2.24 bits per heavy atom. The van der Waals surface area contributed by atoms with Crippen LogP contribution in [0.3, 0.4) is 0 Å². The van der Waals surface area contributed by atoms with Crippen molar-refractivity contribution in [3.05, 3.63) is 27.2 Å². The van der Waals surface area contributed by atoms with Gasteiger partial charge in [0.2, 0.25) is 0 Å². The van der Waals surface area contributed by atoms with Gasteiger partial charge in [0, 0.05) is 11.6 Å². The van der Waals surface area contributed by atoms with Gasteiger partial charge in [-0.3, -0.25) is 0 Å². The van der Waals surface area contributed by atoms with Crippen LogP contribution in [-0.4, -0.2) is 43.4 Å². The summed E-state index contributed by atoms with van der Waals surface area (Å²) in [5, 5.41) is 10.7. The Hall–Kier alpha value is -0.190. The smallest absolute Gasteiger partial charge is 0.156 e. The lowest BCUT2D eigenvalue weighted by molar-refractivity contribution is 0.0832. The van der Waals surface area contributed by atoms with E-state index in [1.807, 2.05) is 19.0 Å². The molecule has 17 heavy (non-hydrogen) atoms. The van der Waals surface area contributed by atoms with Crippen molar-refractivity contribution in [2.24, 2.45) is 0 Å². The zero-order valence-corrected chi connectivity index (χ0v) is 11.9. The summed E-state index contributed by atoms with van der Waals surface area (Å²) in [6, 6.07) is 3.09.